The van der Waals surface area contributed by atoms with Crippen LogP contribution in [0, 0.1) is 5.92 Å². The van der Waals surface area contributed by atoms with E-state index in [1.54, 1.807) is 12.4 Å². The van der Waals surface area contributed by atoms with E-state index in [4.69, 9.17) is 9.72 Å². The third-order valence-corrected chi connectivity index (χ3v) is 4.35. The zero-order chi connectivity index (χ0) is 16.5. The van der Waals surface area contributed by atoms with Gasteiger partial charge >= 0.3 is 0 Å². The lowest BCUT2D eigenvalue weighted by Gasteiger charge is -2.26. The minimum Gasteiger partial charge on any atom is -0.379 e. The smallest absolute Gasteiger partial charge is 0.176 e. The number of ether oxygens (including phenoxy) is 1. The number of pyridine rings is 1. The number of hydrogen-bond acceptors (Lipinski definition) is 5. The molecule has 24 heavy (non-hydrogen) atoms. The monoisotopic (exact) mass is 326 g/mol. The minimum atomic E-state index is 0.332. The second-order valence-electron chi connectivity index (χ2n) is 6.72. The molecule has 7 nitrogen and oxygen atoms in total. The zero-order valence-electron chi connectivity index (χ0n) is 14.1. The van der Waals surface area contributed by atoms with E-state index in [1.807, 2.05) is 12.3 Å². The molecule has 4 heterocycles. The van der Waals surface area contributed by atoms with Gasteiger partial charge in [0.1, 0.15) is 11.3 Å². The molecule has 0 spiro atoms. The van der Waals surface area contributed by atoms with Gasteiger partial charge in [-0.25, -0.2) is 9.97 Å². The van der Waals surface area contributed by atoms with Crippen LogP contribution in [-0.4, -0.2) is 42.7 Å². The van der Waals surface area contributed by atoms with Gasteiger partial charge in [-0.05, 0) is 18.8 Å². The molecule has 0 saturated carbocycles. The van der Waals surface area contributed by atoms with Crippen molar-refractivity contribution in [2.75, 3.05) is 13.2 Å². The normalized spacial score (nSPS) is 18.5. The summed E-state index contributed by atoms with van der Waals surface area (Å²) < 4.78 is 8.07. The van der Waals surface area contributed by atoms with E-state index >= 15 is 0 Å². The quantitative estimate of drug-likeness (QED) is 0.737. The second-order valence-corrected chi connectivity index (χ2v) is 6.72. The van der Waals surface area contributed by atoms with Crippen LogP contribution in [0.5, 0.6) is 0 Å². The Morgan fingerprint density at radius 2 is 2.12 bits per heavy atom. The van der Waals surface area contributed by atoms with E-state index in [-0.39, 0.29) is 0 Å². The van der Waals surface area contributed by atoms with E-state index in [2.05, 4.69) is 33.6 Å². The molecule has 0 N–H and O–H groups in total. The number of rotatable bonds is 4. The predicted octanol–water partition coefficient (Wildman–Crippen LogP) is 2.56. The van der Waals surface area contributed by atoms with E-state index in [1.165, 1.54) is 4.80 Å². The highest BCUT2D eigenvalue weighted by molar-refractivity contribution is 5.77. The van der Waals surface area contributed by atoms with Gasteiger partial charge < -0.3 is 9.30 Å². The molecule has 3 aromatic rings. The Kier molecular flexibility index (Phi) is 4.02. The minimum absolute atomic E-state index is 0.332. The van der Waals surface area contributed by atoms with Crippen LogP contribution >= 0.6 is 0 Å². The van der Waals surface area contributed by atoms with Gasteiger partial charge in [0.25, 0.3) is 0 Å². The molecule has 0 bridgehead atoms. The number of nitrogens with zero attached hydrogens (tertiary/aromatic N) is 6. The van der Waals surface area contributed by atoms with Crippen molar-refractivity contribution in [2.24, 2.45) is 5.92 Å². The number of hydrogen-bond donors (Lipinski definition) is 0. The first-order chi connectivity index (χ1) is 11.7. The van der Waals surface area contributed by atoms with Gasteiger partial charge in [-0.3, -0.25) is 0 Å². The molecule has 7 heteroatoms. The van der Waals surface area contributed by atoms with E-state index in [0.717, 1.165) is 49.3 Å². The molecular formula is C17H22N6O. The lowest BCUT2D eigenvalue weighted by Crippen LogP contribution is -2.23. The third kappa shape index (κ3) is 2.80. The SMILES string of the molecule is CC(C)Cc1nc2cnc(-n3nccn3)cc2n1C1CCCOC1. The average Bonchev–Trinajstić information content (AvgIpc) is 3.22. The third-order valence-electron chi connectivity index (χ3n) is 4.35. The van der Waals surface area contributed by atoms with Crippen LogP contribution in [0.4, 0.5) is 0 Å². The van der Waals surface area contributed by atoms with Crippen LogP contribution in [0.25, 0.3) is 16.9 Å². The largest absolute Gasteiger partial charge is 0.379 e. The molecule has 0 amide bonds. The molecule has 0 radical (unpaired) electrons. The Labute approximate surface area is 140 Å². The molecule has 0 aliphatic carbocycles. The molecule has 4 rings (SSSR count). The van der Waals surface area contributed by atoms with Gasteiger partial charge in [0.05, 0.1) is 36.8 Å². The van der Waals surface area contributed by atoms with Crippen molar-refractivity contribution >= 4 is 11.0 Å². The molecule has 1 unspecified atom stereocenters. The molecule has 0 aromatic carbocycles. The van der Waals surface area contributed by atoms with E-state index in [0.29, 0.717) is 17.8 Å². The lowest BCUT2D eigenvalue weighted by molar-refractivity contribution is 0.0594. The maximum absolute atomic E-state index is 5.72. The maximum atomic E-state index is 5.72. The lowest BCUT2D eigenvalue weighted by atomic mass is 10.1. The molecule has 1 saturated heterocycles. The average molecular weight is 326 g/mol. The van der Waals surface area contributed by atoms with Crippen LogP contribution < -0.4 is 0 Å². The Bertz CT molecular complexity index is 817. The fraction of sp³-hybridized carbons (Fsp3) is 0.529. The zero-order valence-corrected chi connectivity index (χ0v) is 14.1. The molecular weight excluding hydrogens is 304 g/mol. The van der Waals surface area contributed by atoms with Crippen LogP contribution in [0.2, 0.25) is 0 Å². The molecule has 1 atom stereocenters. The van der Waals surface area contributed by atoms with Crippen molar-refractivity contribution in [2.45, 2.75) is 39.2 Å². The first kappa shape index (κ1) is 15.3. The summed E-state index contributed by atoms with van der Waals surface area (Å²) in [6.45, 7) is 6.04. The number of aromatic nitrogens is 6. The second kappa shape index (κ2) is 6.32. The fourth-order valence-corrected chi connectivity index (χ4v) is 3.33. The van der Waals surface area contributed by atoms with Crippen LogP contribution in [0.15, 0.2) is 24.7 Å². The van der Waals surface area contributed by atoms with Crippen molar-refractivity contribution in [3.8, 4) is 5.82 Å². The first-order valence-corrected chi connectivity index (χ1v) is 8.53. The Hall–Kier alpha value is -2.28. The summed E-state index contributed by atoms with van der Waals surface area (Å²) in [5.74, 6) is 2.37. The molecule has 1 aliphatic heterocycles. The summed E-state index contributed by atoms with van der Waals surface area (Å²) >= 11 is 0. The predicted molar refractivity (Wildman–Crippen MR) is 90.1 cm³/mol. The van der Waals surface area contributed by atoms with Gasteiger partial charge in [-0.2, -0.15) is 10.2 Å². The van der Waals surface area contributed by atoms with E-state index < -0.39 is 0 Å². The summed E-state index contributed by atoms with van der Waals surface area (Å²) in [5, 5.41) is 8.36. The Morgan fingerprint density at radius 3 is 2.83 bits per heavy atom. The topological polar surface area (TPSA) is 70.7 Å². The Balaban J connectivity index is 1.84. The number of imidazole rings is 1. The highest BCUT2D eigenvalue weighted by Gasteiger charge is 2.23. The van der Waals surface area contributed by atoms with Crippen molar-refractivity contribution in [3.63, 3.8) is 0 Å². The molecule has 1 fully saturated rings. The van der Waals surface area contributed by atoms with E-state index in [9.17, 15) is 0 Å². The van der Waals surface area contributed by atoms with Gasteiger partial charge in [0.2, 0.25) is 0 Å². The van der Waals surface area contributed by atoms with Crippen molar-refractivity contribution < 1.29 is 4.74 Å². The van der Waals surface area contributed by atoms with Crippen LogP contribution in [0.1, 0.15) is 38.6 Å². The van der Waals surface area contributed by atoms with Gasteiger partial charge in [0, 0.05) is 19.1 Å². The molecule has 126 valence electrons. The maximum Gasteiger partial charge on any atom is 0.176 e. The van der Waals surface area contributed by atoms with Crippen LogP contribution in [0.3, 0.4) is 0 Å². The summed E-state index contributed by atoms with van der Waals surface area (Å²) in [7, 11) is 0. The molecule has 1 aliphatic rings. The highest BCUT2D eigenvalue weighted by atomic mass is 16.5. The van der Waals surface area contributed by atoms with Crippen molar-refractivity contribution in [1.82, 2.24) is 29.5 Å². The summed E-state index contributed by atoms with van der Waals surface area (Å²) in [6.07, 6.45) is 8.28. The van der Waals surface area contributed by atoms with Gasteiger partial charge in [-0.1, -0.05) is 13.8 Å². The molecule has 3 aromatic heterocycles. The highest BCUT2D eigenvalue weighted by Crippen LogP contribution is 2.28. The summed E-state index contributed by atoms with van der Waals surface area (Å²) in [5.41, 5.74) is 2.01. The fourth-order valence-electron chi connectivity index (χ4n) is 3.33. The standard InChI is InChI=1S/C17H22N6O/c1-12(2)8-17-21-14-10-18-16(23-19-5-6-20-23)9-15(14)22(17)13-4-3-7-24-11-13/h5-6,9-10,12-13H,3-4,7-8,11H2,1-2H3. The number of fused-ring (bicyclic) bond motifs is 1. The van der Waals surface area contributed by atoms with Gasteiger partial charge in [0.15, 0.2) is 5.82 Å². The first-order valence-electron chi connectivity index (χ1n) is 8.53. The summed E-state index contributed by atoms with van der Waals surface area (Å²) in [4.78, 5) is 10.8. The van der Waals surface area contributed by atoms with Crippen LogP contribution in [-0.2, 0) is 11.2 Å². The summed E-state index contributed by atoms with van der Waals surface area (Å²) in [6, 6.07) is 2.36. The van der Waals surface area contributed by atoms with Crippen molar-refractivity contribution in [1.29, 1.82) is 0 Å². The van der Waals surface area contributed by atoms with Gasteiger partial charge in [-0.15, -0.1) is 4.80 Å². The van der Waals surface area contributed by atoms with Crippen molar-refractivity contribution in [3.05, 3.63) is 30.5 Å². The Morgan fingerprint density at radius 1 is 1.29 bits per heavy atom.